The van der Waals surface area contributed by atoms with Crippen molar-refractivity contribution >= 4 is 5.91 Å². The first-order valence-electron chi connectivity index (χ1n) is 7.38. The minimum Gasteiger partial charge on any atom is -0.491 e. The van der Waals surface area contributed by atoms with E-state index in [1.807, 2.05) is 26.0 Å². The number of carbonyl (C=O) groups is 1. The van der Waals surface area contributed by atoms with Gasteiger partial charge in [-0.05, 0) is 38.7 Å². The van der Waals surface area contributed by atoms with Crippen LogP contribution in [0.2, 0.25) is 0 Å². The first kappa shape index (κ1) is 15.8. The number of amides is 1. The minimum atomic E-state index is -0.837. The first-order valence-corrected chi connectivity index (χ1v) is 7.38. The summed E-state index contributed by atoms with van der Waals surface area (Å²) in [5.41, 5.74) is 5.53. The predicted octanol–water partition coefficient (Wildman–Crippen LogP) is 1.19. The Bertz CT molecular complexity index is 500. The number of primary amides is 1. The van der Waals surface area contributed by atoms with Crippen molar-refractivity contribution in [3.8, 4) is 5.75 Å². The second-order valence-corrected chi connectivity index (χ2v) is 5.96. The van der Waals surface area contributed by atoms with Gasteiger partial charge in [0.2, 0.25) is 5.91 Å². The average Bonchev–Trinajstić information content (AvgIpc) is 3.28. The number of rotatable bonds is 8. The van der Waals surface area contributed by atoms with Crippen molar-refractivity contribution in [2.45, 2.75) is 44.9 Å². The van der Waals surface area contributed by atoms with Gasteiger partial charge in [0.25, 0.3) is 0 Å². The van der Waals surface area contributed by atoms with Crippen LogP contribution in [0.4, 0.5) is 0 Å². The molecular formula is C16H24N2O3. The highest BCUT2D eigenvalue weighted by Crippen LogP contribution is 2.40. The van der Waals surface area contributed by atoms with E-state index in [1.54, 1.807) is 12.1 Å². The van der Waals surface area contributed by atoms with Crippen molar-refractivity contribution in [2.75, 3.05) is 6.61 Å². The predicted molar refractivity (Wildman–Crippen MR) is 80.8 cm³/mol. The second-order valence-electron chi connectivity index (χ2n) is 5.96. The zero-order chi connectivity index (χ0) is 15.5. The Morgan fingerprint density at radius 3 is 2.67 bits per heavy atom. The Hall–Kier alpha value is -1.59. The quantitative estimate of drug-likeness (QED) is 0.672. The van der Waals surface area contributed by atoms with Crippen LogP contribution in [0.15, 0.2) is 24.3 Å². The molecule has 1 atom stereocenters. The maximum absolute atomic E-state index is 12.0. The molecule has 2 rings (SSSR count). The molecule has 1 saturated carbocycles. The number of nitrogens with two attached hydrogens (primary N) is 1. The van der Waals surface area contributed by atoms with E-state index in [2.05, 4.69) is 5.32 Å². The number of benzene rings is 1. The van der Waals surface area contributed by atoms with Crippen LogP contribution in [-0.4, -0.2) is 29.2 Å². The highest BCUT2D eigenvalue weighted by atomic mass is 16.5. The van der Waals surface area contributed by atoms with E-state index in [1.165, 1.54) is 0 Å². The van der Waals surface area contributed by atoms with Gasteiger partial charge < -0.3 is 15.6 Å². The maximum atomic E-state index is 12.0. The van der Waals surface area contributed by atoms with Crippen molar-refractivity contribution in [3.63, 3.8) is 0 Å². The monoisotopic (exact) mass is 292 g/mol. The lowest BCUT2D eigenvalue weighted by Crippen LogP contribution is -2.62. The van der Waals surface area contributed by atoms with Gasteiger partial charge >= 0.3 is 0 Å². The fourth-order valence-corrected chi connectivity index (χ4v) is 2.68. The molecule has 1 aromatic carbocycles. The normalized spacial score (nSPS) is 17.5. The number of para-hydroxylation sites is 1. The summed E-state index contributed by atoms with van der Waals surface area (Å²) < 4.78 is 5.83. The Kier molecular flexibility index (Phi) is 4.85. The maximum Gasteiger partial charge on any atom is 0.241 e. The molecule has 1 amide bonds. The number of hydrogen-bond acceptors (Lipinski definition) is 4. The van der Waals surface area contributed by atoms with E-state index < -0.39 is 5.54 Å². The minimum absolute atomic E-state index is 0.0964. The molecule has 1 unspecified atom stereocenters. The first-order chi connectivity index (χ1) is 9.99. The lowest BCUT2D eigenvalue weighted by Gasteiger charge is -2.34. The lowest BCUT2D eigenvalue weighted by atomic mass is 9.92. The lowest BCUT2D eigenvalue weighted by molar-refractivity contribution is -0.127. The van der Waals surface area contributed by atoms with Gasteiger partial charge in [0.1, 0.15) is 17.9 Å². The topological polar surface area (TPSA) is 84.6 Å². The van der Waals surface area contributed by atoms with Crippen molar-refractivity contribution < 1.29 is 14.6 Å². The molecule has 0 radical (unpaired) electrons. The molecule has 21 heavy (non-hydrogen) atoms. The molecular weight excluding hydrogens is 268 g/mol. The Morgan fingerprint density at radius 1 is 1.48 bits per heavy atom. The van der Waals surface area contributed by atoms with Gasteiger partial charge in [0.05, 0.1) is 6.61 Å². The zero-order valence-corrected chi connectivity index (χ0v) is 12.6. The average molecular weight is 292 g/mol. The SMILES string of the molecule is CC(C)NC(COc1ccccc1CO)(C(N)=O)C1CC1. The van der Waals surface area contributed by atoms with Crippen LogP contribution < -0.4 is 15.8 Å². The van der Waals surface area contributed by atoms with Gasteiger partial charge in [-0.2, -0.15) is 0 Å². The standard InChI is InChI=1S/C16H24N2O3/c1-11(2)18-16(15(17)20,13-7-8-13)10-21-14-6-4-3-5-12(14)9-19/h3-6,11,13,18-19H,7-10H2,1-2H3,(H2,17,20). The summed E-state index contributed by atoms with van der Waals surface area (Å²) >= 11 is 0. The van der Waals surface area contributed by atoms with Crippen molar-refractivity contribution in [1.29, 1.82) is 0 Å². The van der Waals surface area contributed by atoms with Crippen LogP contribution in [0.25, 0.3) is 0 Å². The number of carbonyl (C=O) groups excluding carboxylic acids is 1. The van der Waals surface area contributed by atoms with Crippen molar-refractivity contribution in [3.05, 3.63) is 29.8 Å². The molecule has 0 aromatic heterocycles. The van der Waals surface area contributed by atoms with Crippen LogP contribution in [0.5, 0.6) is 5.75 Å². The molecule has 0 aliphatic heterocycles. The highest BCUT2D eigenvalue weighted by Gasteiger charge is 2.51. The fraction of sp³-hybridized carbons (Fsp3) is 0.562. The Labute approximate surface area is 125 Å². The molecule has 1 fully saturated rings. The van der Waals surface area contributed by atoms with E-state index in [0.29, 0.717) is 11.3 Å². The molecule has 0 bridgehead atoms. The van der Waals surface area contributed by atoms with Gasteiger partial charge in [-0.3, -0.25) is 10.1 Å². The summed E-state index contributed by atoms with van der Waals surface area (Å²) in [7, 11) is 0. The largest absolute Gasteiger partial charge is 0.491 e. The molecule has 4 N–H and O–H groups in total. The number of aliphatic hydroxyl groups excluding tert-OH is 1. The summed E-state index contributed by atoms with van der Waals surface area (Å²) in [6.45, 7) is 4.06. The molecule has 0 heterocycles. The third-order valence-electron chi connectivity index (χ3n) is 3.86. The third kappa shape index (κ3) is 3.54. The van der Waals surface area contributed by atoms with E-state index in [-0.39, 0.29) is 31.1 Å². The van der Waals surface area contributed by atoms with Gasteiger partial charge in [-0.1, -0.05) is 18.2 Å². The van der Waals surface area contributed by atoms with Crippen LogP contribution in [0.1, 0.15) is 32.3 Å². The third-order valence-corrected chi connectivity index (χ3v) is 3.86. The van der Waals surface area contributed by atoms with E-state index in [0.717, 1.165) is 12.8 Å². The summed E-state index contributed by atoms with van der Waals surface area (Å²) in [5.74, 6) is 0.440. The molecule has 5 nitrogen and oxygen atoms in total. The highest BCUT2D eigenvalue weighted by molar-refractivity contribution is 5.86. The molecule has 116 valence electrons. The Morgan fingerprint density at radius 2 is 2.14 bits per heavy atom. The summed E-state index contributed by atoms with van der Waals surface area (Å²) in [6, 6.07) is 7.41. The molecule has 1 aliphatic carbocycles. The van der Waals surface area contributed by atoms with Crippen LogP contribution >= 0.6 is 0 Å². The van der Waals surface area contributed by atoms with Crippen LogP contribution in [0, 0.1) is 5.92 Å². The number of nitrogens with one attached hydrogen (secondary N) is 1. The summed E-state index contributed by atoms with van der Waals surface area (Å²) in [5, 5.41) is 12.6. The summed E-state index contributed by atoms with van der Waals surface area (Å²) in [4.78, 5) is 12.0. The van der Waals surface area contributed by atoms with Gasteiger partial charge in [-0.25, -0.2) is 0 Å². The van der Waals surface area contributed by atoms with E-state index in [4.69, 9.17) is 10.5 Å². The molecule has 1 aromatic rings. The molecule has 1 aliphatic rings. The van der Waals surface area contributed by atoms with Crippen LogP contribution in [0.3, 0.4) is 0 Å². The fourth-order valence-electron chi connectivity index (χ4n) is 2.68. The molecule has 0 saturated heterocycles. The van der Waals surface area contributed by atoms with E-state index in [9.17, 15) is 9.90 Å². The number of hydrogen-bond donors (Lipinski definition) is 3. The number of aliphatic hydroxyl groups is 1. The second kappa shape index (κ2) is 6.45. The van der Waals surface area contributed by atoms with Crippen LogP contribution in [-0.2, 0) is 11.4 Å². The van der Waals surface area contributed by atoms with Gasteiger partial charge in [0, 0.05) is 11.6 Å². The van der Waals surface area contributed by atoms with Gasteiger partial charge in [-0.15, -0.1) is 0 Å². The van der Waals surface area contributed by atoms with Crippen molar-refractivity contribution in [2.24, 2.45) is 11.7 Å². The summed E-state index contributed by atoms with van der Waals surface area (Å²) in [6.07, 6.45) is 1.96. The smallest absolute Gasteiger partial charge is 0.241 e. The molecule has 5 heteroatoms. The van der Waals surface area contributed by atoms with Gasteiger partial charge in [0.15, 0.2) is 0 Å². The number of ether oxygens (including phenoxy) is 1. The Balaban J connectivity index is 2.17. The zero-order valence-electron chi connectivity index (χ0n) is 12.6. The van der Waals surface area contributed by atoms with E-state index >= 15 is 0 Å². The molecule has 0 spiro atoms. The van der Waals surface area contributed by atoms with Crippen molar-refractivity contribution in [1.82, 2.24) is 5.32 Å².